The van der Waals surface area contributed by atoms with Gasteiger partial charge in [0.15, 0.2) is 0 Å². The molecule has 3 aliphatic rings. The van der Waals surface area contributed by atoms with E-state index in [0.29, 0.717) is 35.6 Å². The summed E-state index contributed by atoms with van der Waals surface area (Å²) in [7, 11) is 1.31. The number of hydrogen-bond donors (Lipinski definition) is 1. The third-order valence-electron chi connectivity index (χ3n) is 4.99. The third-order valence-corrected chi connectivity index (χ3v) is 6.87. The first-order valence-corrected chi connectivity index (χ1v) is 11.7. The second kappa shape index (κ2) is 11.4. The number of carbonyl (C=O) groups is 2. The largest absolute Gasteiger partial charge is 0.472 e. The van der Waals surface area contributed by atoms with Gasteiger partial charge in [-0.3, -0.25) is 9.69 Å². The average Bonchev–Trinajstić information content (AvgIpc) is 3.22. The van der Waals surface area contributed by atoms with Crippen molar-refractivity contribution in [2.75, 3.05) is 45.6 Å². The number of allylic oxidation sites excluding steroid dienone is 3. The molecule has 3 atom stereocenters. The summed E-state index contributed by atoms with van der Waals surface area (Å²) in [5.74, 6) is 0.212. The number of esters is 1. The molecule has 2 heterocycles. The Morgan fingerprint density at radius 2 is 2.13 bits per heavy atom. The van der Waals surface area contributed by atoms with Crippen LogP contribution in [0.4, 0.5) is 0 Å². The molecule has 0 spiro atoms. The van der Waals surface area contributed by atoms with Gasteiger partial charge in [-0.25, -0.2) is 4.79 Å². The summed E-state index contributed by atoms with van der Waals surface area (Å²) in [5.41, 5.74) is -0.246. The topological polar surface area (TPSA) is 77.1 Å². The number of ether oxygens (including phenoxy) is 3. The molecule has 2 unspecified atom stereocenters. The van der Waals surface area contributed by atoms with Crippen LogP contribution in [0.5, 0.6) is 0 Å². The van der Waals surface area contributed by atoms with E-state index in [0.717, 1.165) is 26.1 Å². The van der Waals surface area contributed by atoms with Crippen LogP contribution in [0.15, 0.2) is 34.1 Å². The number of rotatable bonds is 8. The maximum Gasteiger partial charge on any atom is 0.373 e. The first kappa shape index (κ1) is 23.5. The highest BCUT2D eigenvalue weighted by atomic mass is 35.5. The van der Waals surface area contributed by atoms with Crippen LogP contribution in [0.3, 0.4) is 0 Å². The zero-order valence-electron chi connectivity index (χ0n) is 16.8. The van der Waals surface area contributed by atoms with Crippen molar-refractivity contribution in [3.05, 3.63) is 34.1 Å². The van der Waals surface area contributed by atoms with Crippen molar-refractivity contribution >= 4 is 46.8 Å². The van der Waals surface area contributed by atoms with Gasteiger partial charge < -0.3 is 19.5 Å². The van der Waals surface area contributed by atoms with Gasteiger partial charge in [-0.2, -0.15) is 0 Å². The lowest BCUT2D eigenvalue weighted by atomic mass is 9.99. The number of nitrogens with one attached hydrogen (secondary N) is 1. The Morgan fingerprint density at radius 1 is 1.30 bits per heavy atom. The number of thioether (sulfide) groups is 1. The molecule has 1 aliphatic carbocycles. The molecule has 10 heteroatoms. The standard InChI is InChI=1S/C20H26Cl2N2O5S/c1-27-20(26)17-4-5-19(29-17)30-12-18(25)23-9-14-11-24(6-7-28-14)10-13-2-3-15(21)16(22)8-13/h3-4,8,13-14,19H,2,5-7,9-12H2,1H3,(H,23,25)/t13?,14-,19?/m0/s1. The predicted molar refractivity (Wildman–Crippen MR) is 117 cm³/mol. The first-order chi connectivity index (χ1) is 14.4. The second-order valence-corrected chi connectivity index (χ2v) is 9.24. The highest BCUT2D eigenvalue weighted by Gasteiger charge is 2.26. The first-order valence-electron chi connectivity index (χ1n) is 9.85. The quantitative estimate of drug-likeness (QED) is 0.539. The van der Waals surface area contributed by atoms with E-state index in [1.807, 2.05) is 12.2 Å². The van der Waals surface area contributed by atoms with Crippen molar-refractivity contribution in [3.63, 3.8) is 0 Å². The molecule has 0 radical (unpaired) electrons. The Kier molecular flexibility index (Phi) is 8.95. The lowest BCUT2D eigenvalue weighted by molar-refractivity contribution is -0.139. The van der Waals surface area contributed by atoms with Crippen molar-refractivity contribution in [2.24, 2.45) is 5.92 Å². The molecule has 0 bridgehead atoms. The monoisotopic (exact) mass is 476 g/mol. The van der Waals surface area contributed by atoms with Gasteiger partial charge in [0.05, 0.1) is 35.6 Å². The molecule has 30 heavy (non-hydrogen) atoms. The number of carbonyl (C=O) groups excluding carboxylic acids is 2. The number of methoxy groups -OCH3 is 1. The molecule has 1 saturated heterocycles. The van der Waals surface area contributed by atoms with Crippen LogP contribution < -0.4 is 5.32 Å². The van der Waals surface area contributed by atoms with E-state index >= 15 is 0 Å². The number of nitrogens with zero attached hydrogens (tertiary/aromatic N) is 1. The van der Waals surface area contributed by atoms with Crippen molar-refractivity contribution in [1.82, 2.24) is 10.2 Å². The summed E-state index contributed by atoms with van der Waals surface area (Å²) in [5, 5.41) is 4.16. The molecule has 166 valence electrons. The van der Waals surface area contributed by atoms with Gasteiger partial charge >= 0.3 is 5.97 Å². The molecule has 0 aromatic heterocycles. The molecule has 0 aromatic carbocycles. The van der Waals surface area contributed by atoms with Crippen molar-refractivity contribution in [3.8, 4) is 0 Å². The number of halogens is 2. The minimum absolute atomic E-state index is 0.0507. The third kappa shape index (κ3) is 6.92. The Bertz CT molecular complexity index is 743. The van der Waals surface area contributed by atoms with E-state index < -0.39 is 5.97 Å². The van der Waals surface area contributed by atoms with Crippen molar-refractivity contribution in [2.45, 2.75) is 24.4 Å². The Balaban J connectivity index is 1.33. The summed E-state index contributed by atoms with van der Waals surface area (Å²) >= 11 is 13.5. The smallest absolute Gasteiger partial charge is 0.373 e. The lowest BCUT2D eigenvalue weighted by Crippen LogP contribution is -2.48. The van der Waals surface area contributed by atoms with Crippen molar-refractivity contribution < 1.29 is 23.8 Å². The van der Waals surface area contributed by atoms with Crippen LogP contribution >= 0.6 is 35.0 Å². The van der Waals surface area contributed by atoms with Gasteiger partial charge in [0.25, 0.3) is 0 Å². The predicted octanol–water partition coefficient (Wildman–Crippen LogP) is 2.61. The number of hydrogen-bond acceptors (Lipinski definition) is 7. The summed E-state index contributed by atoms with van der Waals surface area (Å²) in [6.07, 6.45) is 7.06. The number of amides is 1. The molecule has 0 saturated carbocycles. The summed E-state index contributed by atoms with van der Waals surface area (Å²) in [6.45, 7) is 3.59. The van der Waals surface area contributed by atoms with Gasteiger partial charge in [0.2, 0.25) is 11.7 Å². The lowest BCUT2D eigenvalue weighted by Gasteiger charge is -2.35. The average molecular weight is 477 g/mol. The van der Waals surface area contributed by atoms with Gasteiger partial charge in [-0.05, 0) is 18.4 Å². The zero-order valence-corrected chi connectivity index (χ0v) is 19.1. The van der Waals surface area contributed by atoms with E-state index in [2.05, 4.69) is 15.0 Å². The maximum atomic E-state index is 12.2. The van der Waals surface area contributed by atoms with Gasteiger partial charge in [-0.15, -0.1) is 11.8 Å². The van der Waals surface area contributed by atoms with E-state index in [1.165, 1.54) is 18.9 Å². The van der Waals surface area contributed by atoms with E-state index in [1.54, 1.807) is 6.08 Å². The minimum atomic E-state index is -0.494. The second-order valence-electron chi connectivity index (χ2n) is 7.27. The fraction of sp³-hybridized carbons (Fsp3) is 0.600. The van der Waals surface area contributed by atoms with Crippen LogP contribution in [-0.2, 0) is 23.8 Å². The fourth-order valence-electron chi connectivity index (χ4n) is 3.46. The SMILES string of the molecule is COC(=O)C1=CCC(SCC(=O)NC[C@H]2CN(CC3C=C(Cl)C(Cl)=CC3)CCO2)O1. The normalized spacial score (nSPS) is 26.9. The van der Waals surface area contributed by atoms with E-state index in [9.17, 15) is 9.59 Å². The molecular weight excluding hydrogens is 451 g/mol. The molecule has 3 rings (SSSR count). The maximum absolute atomic E-state index is 12.2. The summed E-state index contributed by atoms with van der Waals surface area (Å²) < 4.78 is 15.9. The van der Waals surface area contributed by atoms with Crippen molar-refractivity contribution in [1.29, 1.82) is 0 Å². The van der Waals surface area contributed by atoms with Gasteiger partial charge in [0.1, 0.15) is 5.44 Å². The van der Waals surface area contributed by atoms with Crippen LogP contribution in [0.1, 0.15) is 12.8 Å². The fourth-order valence-corrected chi connectivity index (χ4v) is 4.71. The molecular formula is C20H26Cl2N2O5S. The Labute approximate surface area is 190 Å². The molecule has 1 amide bonds. The zero-order chi connectivity index (χ0) is 21.5. The highest BCUT2D eigenvalue weighted by Crippen LogP contribution is 2.29. The van der Waals surface area contributed by atoms with E-state index in [-0.39, 0.29) is 29.0 Å². The molecule has 0 aromatic rings. The Hall–Kier alpha value is -1.19. The molecule has 1 N–H and O–H groups in total. The summed E-state index contributed by atoms with van der Waals surface area (Å²) in [4.78, 5) is 25.9. The van der Waals surface area contributed by atoms with E-state index in [4.69, 9.17) is 32.7 Å². The highest BCUT2D eigenvalue weighted by molar-refractivity contribution is 8.00. The minimum Gasteiger partial charge on any atom is -0.472 e. The van der Waals surface area contributed by atoms with Gasteiger partial charge in [-0.1, -0.05) is 35.4 Å². The van der Waals surface area contributed by atoms with Crippen LogP contribution in [0.25, 0.3) is 0 Å². The molecule has 7 nitrogen and oxygen atoms in total. The van der Waals surface area contributed by atoms with Crippen LogP contribution in [0.2, 0.25) is 0 Å². The molecule has 1 fully saturated rings. The van der Waals surface area contributed by atoms with Crippen LogP contribution in [-0.4, -0.2) is 74.0 Å². The number of morpholine rings is 1. The molecule has 2 aliphatic heterocycles. The summed E-state index contributed by atoms with van der Waals surface area (Å²) in [6, 6.07) is 0. The van der Waals surface area contributed by atoms with Gasteiger partial charge in [0, 0.05) is 32.6 Å². The van der Waals surface area contributed by atoms with Crippen LogP contribution in [0, 0.1) is 5.92 Å². The Morgan fingerprint density at radius 3 is 2.90 bits per heavy atom.